The van der Waals surface area contributed by atoms with Gasteiger partial charge in [-0.05, 0) is 44.5 Å². The number of carbonyl (C=O) groups is 2. The summed E-state index contributed by atoms with van der Waals surface area (Å²) in [5.74, 6) is -0.671. The van der Waals surface area contributed by atoms with Crippen LogP contribution in [0.2, 0.25) is 15.1 Å². The lowest BCUT2D eigenvalue weighted by atomic mass is 10.1. The van der Waals surface area contributed by atoms with Crippen LogP contribution in [0.25, 0.3) is 0 Å². The molecule has 0 heterocycles. The first kappa shape index (κ1) is 26.8. The predicted octanol–water partition coefficient (Wildman–Crippen LogP) is 6.35. The summed E-state index contributed by atoms with van der Waals surface area (Å²) in [5, 5.41) is 4.01. The minimum absolute atomic E-state index is 0.0399. The molecule has 0 unspecified atom stereocenters. The average molecular weight is 520 g/mol. The maximum atomic E-state index is 14.0. The third-order valence-corrected chi connectivity index (χ3v) is 6.75. The van der Waals surface area contributed by atoms with Gasteiger partial charge in [-0.15, -0.1) is 11.8 Å². The number of hydrogen-bond acceptors (Lipinski definition) is 3. The Morgan fingerprint density at radius 2 is 1.59 bits per heavy atom. The van der Waals surface area contributed by atoms with Crippen LogP contribution in [0.3, 0.4) is 0 Å². The van der Waals surface area contributed by atoms with Crippen molar-refractivity contribution in [2.45, 2.75) is 51.6 Å². The van der Waals surface area contributed by atoms with E-state index in [1.165, 1.54) is 28.8 Å². The van der Waals surface area contributed by atoms with E-state index in [1.807, 2.05) is 20.8 Å². The number of hydrogen-bond donors (Lipinski definition) is 1. The van der Waals surface area contributed by atoms with E-state index in [0.717, 1.165) is 0 Å². The van der Waals surface area contributed by atoms with Gasteiger partial charge in [-0.2, -0.15) is 0 Å². The first-order valence-corrected chi connectivity index (χ1v) is 12.5. The second kappa shape index (κ2) is 12.7. The minimum atomic E-state index is -0.699. The zero-order valence-corrected chi connectivity index (χ0v) is 21.2. The van der Waals surface area contributed by atoms with Crippen molar-refractivity contribution in [3.8, 4) is 0 Å². The molecule has 1 N–H and O–H groups in total. The number of nitrogens with one attached hydrogen (secondary N) is 1. The van der Waals surface area contributed by atoms with Gasteiger partial charge in [0.1, 0.15) is 11.9 Å². The molecule has 2 amide bonds. The van der Waals surface area contributed by atoms with Crippen LogP contribution in [0.5, 0.6) is 0 Å². The van der Waals surface area contributed by atoms with Crippen LogP contribution in [-0.4, -0.2) is 34.6 Å². The van der Waals surface area contributed by atoms with Crippen LogP contribution in [0, 0.1) is 5.82 Å². The molecular weight excluding hydrogens is 494 g/mol. The van der Waals surface area contributed by atoms with E-state index in [0.29, 0.717) is 32.6 Å². The molecule has 32 heavy (non-hydrogen) atoms. The fourth-order valence-electron chi connectivity index (χ4n) is 3.15. The molecule has 0 aliphatic rings. The van der Waals surface area contributed by atoms with Gasteiger partial charge in [-0.25, -0.2) is 4.39 Å². The van der Waals surface area contributed by atoms with E-state index in [9.17, 15) is 14.0 Å². The maximum Gasteiger partial charge on any atom is 0.243 e. The number of nitrogens with zero attached hydrogens (tertiary/aromatic N) is 1. The first-order chi connectivity index (χ1) is 15.1. The van der Waals surface area contributed by atoms with Crippen LogP contribution in [0.4, 0.5) is 4.39 Å². The topological polar surface area (TPSA) is 49.4 Å². The molecule has 0 saturated heterocycles. The molecule has 0 saturated carbocycles. The van der Waals surface area contributed by atoms with E-state index in [4.69, 9.17) is 34.8 Å². The van der Waals surface area contributed by atoms with Crippen molar-refractivity contribution in [1.82, 2.24) is 10.2 Å². The van der Waals surface area contributed by atoms with Crippen LogP contribution >= 0.6 is 46.6 Å². The lowest BCUT2D eigenvalue weighted by molar-refractivity contribution is -0.139. The molecule has 0 aromatic heterocycles. The summed E-state index contributed by atoms with van der Waals surface area (Å²) < 4.78 is 14.0. The Labute approximate surface area is 207 Å². The van der Waals surface area contributed by atoms with Gasteiger partial charge < -0.3 is 10.2 Å². The Hall–Kier alpha value is -1.47. The molecule has 2 rings (SSSR count). The van der Waals surface area contributed by atoms with Crippen LogP contribution in [0.15, 0.2) is 36.4 Å². The highest BCUT2D eigenvalue weighted by molar-refractivity contribution is 7.99. The number of halogens is 4. The number of rotatable bonds is 10. The van der Waals surface area contributed by atoms with Crippen LogP contribution in [0.1, 0.15) is 38.3 Å². The largest absolute Gasteiger partial charge is 0.352 e. The molecule has 174 valence electrons. The first-order valence-electron chi connectivity index (χ1n) is 10.2. The van der Waals surface area contributed by atoms with E-state index in [2.05, 4.69) is 5.32 Å². The zero-order valence-electron chi connectivity index (χ0n) is 18.1. The molecule has 2 aromatic carbocycles. The highest BCUT2D eigenvalue weighted by Crippen LogP contribution is 2.28. The second-order valence-electron chi connectivity index (χ2n) is 7.50. The molecule has 4 nitrogen and oxygen atoms in total. The van der Waals surface area contributed by atoms with Crippen molar-refractivity contribution in [3.05, 3.63) is 68.4 Å². The number of carbonyl (C=O) groups excluding carboxylic acids is 2. The predicted molar refractivity (Wildman–Crippen MR) is 132 cm³/mol. The summed E-state index contributed by atoms with van der Waals surface area (Å²) in [7, 11) is 0. The van der Waals surface area contributed by atoms with E-state index in [-0.39, 0.29) is 35.9 Å². The van der Waals surface area contributed by atoms with Crippen molar-refractivity contribution < 1.29 is 14.0 Å². The molecular formula is C23H26Cl3FN2O2S. The van der Waals surface area contributed by atoms with Crippen LogP contribution in [-0.2, 0) is 21.9 Å². The van der Waals surface area contributed by atoms with Crippen molar-refractivity contribution in [2.75, 3.05) is 5.75 Å². The van der Waals surface area contributed by atoms with Crippen LogP contribution < -0.4 is 5.32 Å². The Morgan fingerprint density at radius 3 is 2.12 bits per heavy atom. The highest BCUT2D eigenvalue weighted by atomic mass is 35.5. The zero-order chi connectivity index (χ0) is 23.8. The summed E-state index contributed by atoms with van der Waals surface area (Å²) in [6.45, 7) is 5.64. The van der Waals surface area contributed by atoms with Gasteiger partial charge in [0.15, 0.2) is 0 Å². The molecule has 0 aliphatic heterocycles. The molecule has 2 aromatic rings. The Balaban J connectivity index is 2.24. The summed E-state index contributed by atoms with van der Waals surface area (Å²) >= 11 is 20.0. The maximum absolute atomic E-state index is 14.0. The standard InChI is InChI=1S/C23H26Cl3FN2O2S/c1-4-21(23(31)28-14(2)3)29(11-15-17(24)7-5-8-18(15)25)22(30)13-32-12-16-19(26)9-6-10-20(16)27/h5-10,14,21H,4,11-13H2,1-3H3,(H,28,31)/t21-/m1/s1. The molecule has 0 aliphatic carbocycles. The molecule has 0 fully saturated rings. The van der Waals surface area contributed by atoms with Crippen molar-refractivity contribution >= 4 is 58.4 Å². The number of benzene rings is 2. The molecule has 0 radical (unpaired) electrons. The smallest absolute Gasteiger partial charge is 0.243 e. The minimum Gasteiger partial charge on any atom is -0.352 e. The lowest BCUT2D eigenvalue weighted by Crippen LogP contribution is -2.51. The fourth-order valence-corrected chi connectivity index (χ4v) is 4.91. The normalized spacial score (nSPS) is 12.0. The third kappa shape index (κ3) is 7.27. The summed E-state index contributed by atoms with van der Waals surface area (Å²) in [4.78, 5) is 27.6. The van der Waals surface area contributed by atoms with Gasteiger partial charge in [-0.3, -0.25) is 9.59 Å². The van der Waals surface area contributed by atoms with E-state index >= 15 is 0 Å². The second-order valence-corrected chi connectivity index (χ2v) is 9.71. The SMILES string of the molecule is CC[C@H](C(=O)NC(C)C)N(Cc1c(Cl)cccc1Cl)C(=O)CSCc1c(F)cccc1Cl. The van der Waals surface area contributed by atoms with Gasteiger partial charge in [0.2, 0.25) is 11.8 Å². The molecule has 1 atom stereocenters. The monoisotopic (exact) mass is 518 g/mol. The Morgan fingerprint density at radius 1 is 1.03 bits per heavy atom. The lowest BCUT2D eigenvalue weighted by Gasteiger charge is -2.31. The Kier molecular flexibility index (Phi) is 10.6. The third-order valence-electron chi connectivity index (χ3n) is 4.74. The summed E-state index contributed by atoms with van der Waals surface area (Å²) in [6.07, 6.45) is 0.413. The van der Waals surface area contributed by atoms with Gasteiger partial charge in [0.05, 0.1) is 5.75 Å². The number of amides is 2. The van der Waals surface area contributed by atoms with Gasteiger partial charge >= 0.3 is 0 Å². The fraction of sp³-hybridized carbons (Fsp3) is 0.391. The average Bonchev–Trinajstić information content (AvgIpc) is 2.71. The molecule has 9 heteroatoms. The van der Waals surface area contributed by atoms with E-state index < -0.39 is 11.9 Å². The van der Waals surface area contributed by atoms with Crippen molar-refractivity contribution in [2.24, 2.45) is 0 Å². The number of thioether (sulfide) groups is 1. The quantitative estimate of drug-likeness (QED) is 0.398. The summed E-state index contributed by atoms with van der Waals surface area (Å²) in [6, 6.07) is 8.80. The van der Waals surface area contributed by atoms with Gasteiger partial charge in [0.25, 0.3) is 0 Å². The van der Waals surface area contributed by atoms with E-state index in [1.54, 1.807) is 24.3 Å². The van der Waals surface area contributed by atoms with Crippen molar-refractivity contribution in [1.29, 1.82) is 0 Å². The molecule has 0 spiro atoms. The highest BCUT2D eigenvalue weighted by Gasteiger charge is 2.30. The Bertz CT molecular complexity index is 918. The molecule has 0 bridgehead atoms. The summed E-state index contributed by atoms with van der Waals surface area (Å²) in [5.41, 5.74) is 0.916. The van der Waals surface area contributed by atoms with Crippen molar-refractivity contribution in [3.63, 3.8) is 0 Å². The van der Waals surface area contributed by atoms with Gasteiger partial charge in [0, 0.05) is 44.5 Å². The van der Waals surface area contributed by atoms with Gasteiger partial charge in [-0.1, -0.05) is 53.9 Å².